The van der Waals surface area contributed by atoms with Crippen molar-refractivity contribution in [1.29, 1.82) is 0 Å². The first-order chi connectivity index (χ1) is 9.60. The van der Waals surface area contributed by atoms with Gasteiger partial charge in [0.15, 0.2) is 0 Å². The van der Waals surface area contributed by atoms with Crippen molar-refractivity contribution in [2.24, 2.45) is 5.41 Å². The van der Waals surface area contributed by atoms with Crippen LogP contribution in [-0.4, -0.2) is 23.9 Å². The van der Waals surface area contributed by atoms with Gasteiger partial charge in [-0.1, -0.05) is 29.8 Å². The fourth-order valence-electron chi connectivity index (χ4n) is 2.37. The minimum Gasteiger partial charge on any atom is -0.339 e. The molecule has 1 amide bonds. The first-order valence-corrected chi connectivity index (χ1v) is 7.55. The minimum atomic E-state index is -4.47. The van der Waals surface area contributed by atoms with Gasteiger partial charge in [-0.2, -0.15) is 13.2 Å². The Labute approximate surface area is 130 Å². The van der Waals surface area contributed by atoms with Crippen LogP contribution in [0, 0.1) is 5.41 Å². The molecule has 1 aliphatic heterocycles. The number of nitrogens with zero attached hydrogens (tertiary/aromatic N) is 1. The number of hydrogen-bond acceptors (Lipinski definition) is 1. The molecule has 1 fully saturated rings. The summed E-state index contributed by atoms with van der Waals surface area (Å²) < 4.78 is 38.6. The molecule has 1 heterocycles. The molecule has 0 spiro atoms. The van der Waals surface area contributed by atoms with E-state index in [0.717, 1.165) is 18.9 Å². The van der Waals surface area contributed by atoms with E-state index in [1.54, 1.807) is 4.90 Å². The molecular weight excluding hydrogens is 347 g/mol. The van der Waals surface area contributed by atoms with Crippen molar-refractivity contribution >= 4 is 21.8 Å². The first kappa shape index (κ1) is 16.3. The van der Waals surface area contributed by atoms with Crippen LogP contribution in [0.5, 0.6) is 0 Å². The second-order valence-electron chi connectivity index (χ2n) is 6.15. The highest BCUT2D eigenvalue weighted by molar-refractivity contribution is 9.10. The van der Waals surface area contributed by atoms with Gasteiger partial charge in [0.25, 0.3) is 5.91 Å². The molecule has 1 aromatic carbocycles. The van der Waals surface area contributed by atoms with Crippen molar-refractivity contribution in [3.63, 3.8) is 0 Å². The SMILES string of the molecule is CC1(C)CCN(C(=O)c2ccc(Br)c(C(F)(F)F)c2)CC1. The summed E-state index contributed by atoms with van der Waals surface area (Å²) in [6, 6.07) is 3.64. The zero-order valence-electron chi connectivity index (χ0n) is 11.9. The summed E-state index contributed by atoms with van der Waals surface area (Å²) in [6.45, 7) is 5.44. The molecule has 2 nitrogen and oxygen atoms in total. The number of benzene rings is 1. The number of amides is 1. The highest BCUT2D eigenvalue weighted by Crippen LogP contribution is 2.36. The topological polar surface area (TPSA) is 20.3 Å². The number of halogens is 4. The van der Waals surface area contributed by atoms with Crippen LogP contribution in [0.15, 0.2) is 22.7 Å². The third kappa shape index (κ3) is 3.78. The van der Waals surface area contributed by atoms with Crippen LogP contribution in [0.25, 0.3) is 0 Å². The number of likely N-dealkylation sites (tertiary alicyclic amines) is 1. The van der Waals surface area contributed by atoms with E-state index in [2.05, 4.69) is 29.8 Å². The maximum atomic E-state index is 12.9. The van der Waals surface area contributed by atoms with Crippen LogP contribution in [0.4, 0.5) is 13.2 Å². The van der Waals surface area contributed by atoms with Crippen LogP contribution in [-0.2, 0) is 6.18 Å². The van der Waals surface area contributed by atoms with E-state index < -0.39 is 11.7 Å². The van der Waals surface area contributed by atoms with Crippen LogP contribution in [0.1, 0.15) is 42.6 Å². The molecule has 0 aromatic heterocycles. The van der Waals surface area contributed by atoms with Gasteiger partial charge in [-0.3, -0.25) is 4.79 Å². The lowest BCUT2D eigenvalue weighted by Gasteiger charge is -2.37. The highest BCUT2D eigenvalue weighted by Gasteiger charge is 2.34. The second kappa shape index (κ2) is 5.63. The Bertz CT molecular complexity index is 544. The molecule has 0 unspecified atom stereocenters. The first-order valence-electron chi connectivity index (χ1n) is 6.76. The van der Waals surface area contributed by atoms with Crippen molar-refractivity contribution in [2.45, 2.75) is 32.9 Å². The standard InChI is InChI=1S/C15H17BrF3NO/c1-14(2)5-7-20(8-6-14)13(21)10-3-4-12(16)11(9-10)15(17,18)19/h3-4,9H,5-8H2,1-2H3. The van der Waals surface area contributed by atoms with Crippen molar-refractivity contribution in [3.8, 4) is 0 Å². The zero-order chi connectivity index (χ0) is 15.8. The maximum Gasteiger partial charge on any atom is 0.417 e. The average Bonchev–Trinajstić information content (AvgIpc) is 2.37. The predicted octanol–water partition coefficient (Wildman–Crippen LogP) is 4.73. The highest BCUT2D eigenvalue weighted by atomic mass is 79.9. The number of alkyl halides is 3. The molecule has 1 aromatic rings. The van der Waals surface area contributed by atoms with E-state index in [4.69, 9.17) is 0 Å². The fourth-order valence-corrected chi connectivity index (χ4v) is 2.84. The van der Waals surface area contributed by atoms with E-state index in [1.807, 2.05) is 0 Å². The quantitative estimate of drug-likeness (QED) is 0.706. The van der Waals surface area contributed by atoms with Gasteiger partial charge in [0.2, 0.25) is 0 Å². The fraction of sp³-hybridized carbons (Fsp3) is 0.533. The molecule has 1 saturated heterocycles. The Morgan fingerprint density at radius 3 is 2.33 bits per heavy atom. The largest absolute Gasteiger partial charge is 0.417 e. The second-order valence-corrected chi connectivity index (χ2v) is 7.00. The Hall–Kier alpha value is -1.04. The Kier molecular flexibility index (Phi) is 4.38. The normalized spacial score (nSPS) is 18.7. The van der Waals surface area contributed by atoms with Crippen molar-refractivity contribution in [2.75, 3.05) is 13.1 Å². The molecule has 116 valence electrons. The van der Waals surface area contributed by atoms with E-state index in [1.165, 1.54) is 12.1 Å². The third-order valence-electron chi connectivity index (χ3n) is 3.92. The van der Waals surface area contributed by atoms with Crippen molar-refractivity contribution in [1.82, 2.24) is 4.90 Å². The summed E-state index contributed by atoms with van der Waals surface area (Å²) in [7, 11) is 0. The predicted molar refractivity (Wildman–Crippen MR) is 78.1 cm³/mol. The summed E-state index contributed by atoms with van der Waals surface area (Å²) in [5, 5.41) is 0. The molecular formula is C15H17BrF3NO. The molecule has 1 aliphatic rings. The molecule has 0 radical (unpaired) electrons. The third-order valence-corrected chi connectivity index (χ3v) is 4.61. The van der Waals surface area contributed by atoms with Gasteiger partial charge in [0.1, 0.15) is 0 Å². The molecule has 21 heavy (non-hydrogen) atoms. The number of piperidine rings is 1. The Balaban J connectivity index is 2.21. The van der Waals surface area contributed by atoms with Gasteiger partial charge in [-0.05, 0) is 36.5 Å². The van der Waals surface area contributed by atoms with Crippen LogP contribution >= 0.6 is 15.9 Å². The molecule has 0 aliphatic carbocycles. The Morgan fingerprint density at radius 2 is 1.81 bits per heavy atom. The number of rotatable bonds is 1. The van der Waals surface area contributed by atoms with Gasteiger partial charge in [-0.25, -0.2) is 0 Å². The van der Waals surface area contributed by atoms with Gasteiger partial charge in [0.05, 0.1) is 5.56 Å². The summed E-state index contributed by atoms with van der Waals surface area (Å²) in [4.78, 5) is 14.0. The molecule has 6 heteroatoms. The molecule has 2 rings (SSSR count). The van der Waals surface area contributed by atoms with E-state index >= 15 is 0 Å². The monoisotopic (exact) mass is 363 g/mol. The summed E-state index contributed by atoms with van der Waals surface area (Å²) in [6.07, 6.45) is -2.75. The van der Waals surface area contributed by atoms with E-state index in [9.17, 15) is 18.0 Å². The molecule has 0 N–H and O–H groups in total. The molecule has 0 saturated carbocycles. The summed E-state index contributed by atoms with van der Waals surface area (Å²) in [5.74, 6) is -0.330. The summed E-state index contributed by atoms with van der Waals surface area (Å²) in [5.41, 5.74) is -0.538. The van der Waals surface area contributed by atoms with Crippen molar-refractivity contribution in [3.05, 3.63) is 33.8 Å². The lowest BCUT2D eigenvalue weighted by atomic mass is 9.82. The number of carbonyl (C=O) groups excluding carboxylic acids is 1. The van der Waals surface area contributed by atoms with Crippen molar-refractivity contribution < 1.29 is 18.0 Å². The molecule has 0 bridgehead atoms. The number of hydrogen-bond donors (Lipinski definition) is 0. The number of carbonyl (C=O) groups is 1. The van der Waals surface area contributed by atoms with Crippen LogP contribution in [0.2, 0.25) is 0 Å². The zero-order valence-corrected chi connectivity index (χ0v) is 13.5. The Morgan fingerprint density at radius 1 is 1.24 bits per heavy atom. The summed E-state index contributed by atoms with van der Waals surface area (Å²) >= 11 is 2.88. The van der Waals surface area contributed by atoms with Gasteiger partial charge in [-0.15, -0.1) is 0 Å². The van der Waals surface area contributed by atoms with E-state index in [0.29, 0.717) is 13.1 Å². The lowest BCUT2D eigenvalue weighted by molar-refractivity contribution is -0.138. The lowest BCUT2D eigenvalue weighted by Crippen LogP contribution is -2.41. The van der Waals surface area contributed by atoms with Crippen LogP contribution < -0.4 is 0 Å². The molecule has 0 atom stereocenters. The van der Waals surface area contributed by atoms with E-state index in [-0.39, 0.29) is 21.4 Å². The smallest absolute Gasteiger partial charge is 0.339 e. The van der Waals surface area contributed by atoms with Gasteiger partial charge >= 0.3 is 6.18 Å². The van der Waals surface area contributed by atoms with Gasteiger partial charge < -0.3 is 4.90 Å². The average molecular weight is 364 g/mol. The van der Waals surface area contributed by atoms with Gasteiger partial charge in [0, 0.05) is 23.1 Å². The van der Waals surface area contributed by atoms with Crippen LogP contribution in [0.3, 0.4) is 0 Å². The minimum absolute atomic E-state index is 0.0497. The maximum absolute atomic E-state index is 12.9.